The summed E-state index contributed by atoms with van der Waals surface area (Å²) in [6, 6.07) is 0.545. The highest BCUT2D eigenvalue weighted by molar-refractivity contribution is 5.67. The topological polar surface area (TPSA) is 59.6 Å². The molecular weight excluding hydrogens is 292 g/mol. The van der Waals surface area contributed by atoms with Crippen LogP contribution in [0.4, 0.5) is 4.79 Å². The molecule has 1 fully saturated rings. The van der Waals surface area contributed by atoms with Crippen LogP contribution in [0.3, 0.4) is 0 Å². The molecule has 1 heterocycles. The molecule has 0 radical (unpaired) electrons. The van der Waals surface area contributed by atoms with Gasteiger partial charge in [-0.3, -0.25) is 0 Å². The summed E-state index contributed by atoms with van der Waals surface area (Å²) in [4.78, 5) is 11.5. The second-order valence-corrected chi connectivity index (χ2v) is 7.56. The van der Waals surface area contributed by atoms with Gasteiger partial charge < -0.3 is 20.1 Å². The van der Waals surface area contributed by atoms with Crippen LogP contribution in [0.25, 0.3) is 0 Å². The molecule has 1 aliphatic heterocycles. The Labute approximate surface area is 141 Å². The van der Waals surface area contributed by atoms with E-state index < -0.39 is 5.60 Å². The van der Waals surface area contributed by atoms with Gasteiger partial charge in [0.2, 0.25) is 0 Å². The number of hydrogen-bond donors (Lipinski definition) is 2. The fraction of sp³-hybridized carbons (Fsp3) is 0.944. The summed E-state index contributed by atoms with van der Waals surface area (Å²) in [5.41, 5.74) is -0.421. The number of carbonyl (C=O) groups excluding carboxylic acids is 1. The zero-order chi connectivity index (χ0) is 17.1. The van der Waals surface area contributed by atoms with E-state index in [1.807, 2.05) is 20.8 Å². The monoisotopic (exact) mass is 328 g/mol. The third-order valence-corrected chi connectivity index (χ3v) is 4.14. The van der Waals surface area contributed by atoms with E-state index in [0.29, 0.717) is 18.5 Å². The maximum Gasteiger partial charge on any atom is 0.407 e. The van der Waals surface area contributed by atoms with E-state index >= 15 is 0 Å². The highest BCUT2D eigenvalue weighted by atomic mass is 16.6. The fourth-order valence-electron chi connectivity index (χ4n) is 2.76. The average molecular weight is 328 g/mol. The molecule has 5 nitrogen and oxygen atoms in total. The van der Waals surface area contributed by atoms with Crippen molar-refractivity contribution in [3.63, 3.8) is 0 Å². The van der Waals surface area contributed by atoms with Gasteiger partial charge in [0, 0.05) is 19.2 Å². The molecule has 23 heavy (non-hydrogen) atoms. The Morgan fingerprint density at radius 3 is 2.52 bits per heavy atom. The van der Waals surface area contributed by atoms with Crippen LogP contribution in [0.15, 0.2) is 0 Å². The Kier molecular flexibility index (Phi) is 9.56. The Morgan fingerprint density at radius 1 is 1.22 bits per heavy atom. The van der Waals surface area contributed by atoms with Gasteiger partial charge in [0.1, 0.15) is 5.60 Å². The molecule has 136 valence electrons. The first-order valence-electron chi connectivity index (χ1n) is 9.16. The summed E-state index contributed by atoms with van der Waals surface area (Å²) in [5, 5.41) is 6.42. The van der Waals surface area contributed by atoms with Gasteiger partial charge in [-0.15, -0.1) is 0 Å². The van der Waals surface area contributed by atoms with E-state index in [4.69, 9.17) is 9.47 Å². The molecule has 0 aromatic heterocycles. The van der Waals surface area contributed by atoms with Crippen LogP contribution in [0.1, 0.15) is 66.2 Å². The second-order valence-electron chi connectivity index (χ2n) is 7.56. The van der Waals surface area contributed by atoms with Crippen LogP contribution in [0, 0.1) is 5.92 Å². The van der Waals surface area contributed by atoms with Crippen LogP contribution in [-0.4, -0.2) is 44.0 Å². The fourth-order valence-corrected chi connectivity index (χ4v) is 2.76. The van der Waals surface area contributed by atoms with Crippen LogP contribution in [0.2, 0.25) is 0 Å². The Morgan fingerprint density at radius 2 is 1.91 bits per heavy atom. The third kappa shape index (κ3) is 10.6. The second kappa shape index (κ2) is 10.9. The largest absolute Gasteiger partial charge is 0.444 e. The Bertz CT molecular complexity index is 323. The normalized spacial score (nSPS) is 20.1. The van der Waals surface area contributed by atoms with Crippen LogP contribution in [-0.2, 0) is 9.47 Å². The molecule has 2 unspecified atom stereocenters. The minimum absolute atomic E-state index is 0.317. The van der Waals surface area contributed by atoms with Crippen molar-refractivity contribution in [3.05, 3.63) is 0 Å². The number of unbranched alkanes of at least 4 members (excludes halogenated alkanes) is 3. The van der Waals surface area contributed by atoms with Crippen molar-refractivity contribution in [1.82, 2.24) is 10.6 Å². The quantitative estimate of drug-likeness (QED) is 0.636. The van der Waals surface area contributed by atoms with Gasteiger partial charge in [-0.25, -0.2) is 4.79 Å². The smallest absolute Gasteiger partial charge is 0.407 e. The third-order valence-electron chi connectivity index (χ3n) is 4.14. The molecule has 0 aromatic carbocycles. The van der Waals surface area contributed by atoms with E-state index in [9.17, 15) is 4.79 Å². The van der Waals surface area contributed by atoms with E-state index in [-0.39, 0.29) is 6.09 Å². The average Bonchev–Trinajstić information content (AvgIpc) is 2.48. The summed E-state index contributed by atoms with van der Waals surface area (Å²) in [6.45, 7) is 11.5. The molecule has 1 aliphatic rings. The molecule has 5 heteroatoms. The number of rotatable bonds is 9. The standard InChI is InChI=1S/C18H36N2O3/c1-15(16-10-9-13-22-14-16)19-11-7-5-6-8-12-20-17(21)23-18(2,3)4/h15-16,19H,5-14H2,1-4H3,(H,20,21). The number of hydrogen-bond acceptors (Lipinski definition) is 4. The lowest BCUT2D eigenvalue weighted by atomic mass is 9.95. The zero-order valence-electron chi connectivity index (χ0n) is 15.5. The van der Waals surface area contributed by atoms with Gasteiger partial charge in [-0.05, 0) is 65.8 Å². The minimum atomic E-state index is -0.421. The maximum atomic E-state index is 11.5. The van der Waals surface area contributed by atoms with Gasteiger partial charge in [0.25, 0.3) is 0 Å². The number of ether oxygens (including phenoxy) is 2. The van der Waals surface area contributed by atoms with Gasteiger partial charge in [0.05, 0.1) is 6.61 Å². The molecule has 2 N–H and O–H groups in total. The van der Waals surface area contributed by atoms with Crippen molar-refractivity contribution < 1.29 is 14.3 Å². The summed E-state index contributed by atoms with van der Waals surface area (Å²) < 4.78 is 10.7. The minimum Gasteiger partial charge on any atom is -0.444 e. The van der Waals surface area contributed by atoms with E-state index in [0.717, 1.165) is 32.6 Å². The van der Waals surface area contributed by atoms with E-state index in [1.54, 1.807) is 0 Å². The molecule has 1 saturated heterocycles. The van der Waals surface area contributed by atoms with E-state index in [2.05, 4.69) is 17.6 Å². The number of nitrogens with one attached hydrogen (secondary N) is 2. The Hall–Kier alpha value is -0.810. The van der Waals surface area contributed by atoms with Crippen molar-refractivity contribution in [2.45, 2.75) is 77.9 Å². The number of amides is 1. The molecule has 0 aromatic rings. The lowest BCUT2D eigenvalue weighted by Gasteiger charge is -2.28. The maximum absolute atomic E-state index is 11.5. The molecule has 2 atom stereocenters. The lowest BCUT2D eigenvalue weighted by Crippen LogP contribution is -2.38. The molecule has 0 bridgehead atoms. The van der Waals surface area contributed by atoms with Crippen LogP contribution >= 0.6 is 0 Å². The van der Waals surface area contributed by atoms with Crippen molar-refractivity contribution in [1.29, 1.82) is 0 Å². The van der Waals surface area contributed by atoms with Gasteiger partial charge >= 0.3 is 6.09 Å². The molecule has 0 spiro atoms. The molecular formula is C18H36N2O3. The van der Waals surface area contributed by atoms with Crippen molar-refractivity contribution in [2.75, 3.05) is 26.3 Å². The van der Waals surface area contributed by atoms with Gasteiger partial charge in [-0.1, -0.05) is 12.8 Å². The first kappa shape index (κ1) is 20.2. The predicted octanol–water partition coefficient (Wildman–Crippen LogP) is 3.48. The Balaban J connectivity index is 1.90. The summed E-state index contributed by atoms with van der Waals surface area (Å²) in [7, 11) is 0. The molecule has 0 aliphatic carbocycles. The first-order valence-corrected chi connectivity index (χ1v) is 9.16. The summed E-state index contributed by atoms with van der Waals surface area (Å²) >= 11 is 0. The summed E-state index contributed by atoms with van der Waals surface area (Å²) in [6.07, 6.45) is 6.68. The highest BCUT2D eigenvalue weighted by Crippen LogP contribution is 2.17. The number of alkyl carbamates (subject to hydrolysis) is 1. The van der Waals surface area contributed by atoms with Crippen LogP contribution in [0.5, 0.6) is 0 Å². The van der Waals surface area contributed by atoms with Crippen molar-refractivity contribution in [3.8, 4) is 0 Å². The predicted molar refractivity (Wildman–Crippen MR) is 93.7 cm³/mol. The SMILES string of the molecule is CC(NCCCCCCNC(=O)OC(C)(C)C)C1CCCOC1. The van der Waals surface area contributed by atoms with Crippen molar-refractivity contribution in [2.24, 2.45) is 5.92 Å². The molecule has 1 rings (SSSR count). The summed E-state index contributed by atoms with van der Waals surface area (Å²) in [5.74, 6) is 0.668. The highest BCUT2D eigenvalue weighted by Gasteiger charge is 2.19. The first-order chi connectivity index (χ1) is 10.9. The van der Waals surface area contributed by atoms with Gasteiger partial charge in [-0.2, -0.15) is 0 Å². The van der Waals surface area contributed by atoms with Gasteiger partial charge in [0.15, 0.2) is 0 Å². The zero-order valence-corrected chi connectivity index (χ0v) is 15.5. The van der Waals surface area contributed by atoms with Crippen LogP contribution < -0.4 is 10.6 Å². The molecule has 0 saturated carbocycles. The molecule has 1 amide bonds. The lowest BCUT2D eigenvalue weighted by molar-refractivity contribution is 0.0420. The van der Waals surface area contributed by atoms with E-state index in [1.165, 1.54) is 25.7 Å². The number of carbonyl (C=O) groups is 1. The van der Waals surface area contributed by atoms with Crippen molar-refractivity contribution >= 4 is 6.09 Å².